The molecule has 1 fully saturated rings. The average molecular weight is 397 g/mol. The van der Waals surface area contributed by atoms with Gasteiger partial charge in [-0.3, -0.25) is 9.69 Å². The van der Waals surface area contributed by atoms with Gasteiger partial charge in [-0.25, -0.2) is 0 Å². The molecule has 0 saturated carbocycles. The van der Waals surface area contributed by atoms with Gasteiger partial charge in [-0.05, 0) is 49.2 Å². The lowest BCUT2D eigenvalue weighted by Crippen LogP contribution is -2.40. The molecule has 1 saturated heterocycles. The maximum absolute atomic E-state index is 12.8. The highest BCUT2D eigenvalue weighted by Crippen LogP contribution is 2.31. The van der Waals surface area contributed by atoms with Gasteiger partial charge < -0.3 is 5.32 Å². The highest BCUT2D eigenvalue weighted by molar-refractivity contribution is 6.31. The smallest absolute Gasteiger partial charge is 0.326 e. The van der Waals surface area contributed by atoms with Crippen LogP contribution >= 0.6 is 11.6 Å². The van der Waals surface area contributed by atoms with Crippen molar-refractivity contribution in [3.05, 3.63) is 64.7 Å². The number of hydrogen-bond acceptors (Lipinski definition) is 2. The van der Waals surface area contributed by atoms with Crippen LogP contribution in [0, 0.1) is 5.92 Å². The van der Waals surface area contributed by atoms with E-state index in [1.165, 1.54) is 12.1 Å². The molecule has 1 N–H and O–H groups in total. The van der Waals surface area contributed by atoms with Crippen molar-refractivity contribution in [2.75, 3.05) is 18.4 Å². The molecule has 7 heteroatoms. The first kappa shape index (κ1) is 19.7. The van der Waals surface area contributed by atoms with E-state index in [-0.39, 0.29) is 17.5 Å². The summed E-state index contributed by atoms with van der Waals surface area (Å²) in [6.07, 6.45) is -2.87. The minimum Gasteiger partial charge on any atom is -0.326 e. The lowest BCUT2D eigenvalue weighted by molar-refractivity contribution is -0.137. The van der Waals surface area contributed by atoms with Crippen LogP contribution in [0.5, 0.6) is 0 Å². The molecule has 0 bridgehead atoms. The molecule has 2 aromatic rings. The number of alkyl halides is 3. The number of halogens is 4. The van der Waals surface area contributed by atoms with Crippen LogP contribution in [0.1, 0.15) is 24.0 Å². The van der Waals surface area contributed by atoms with E-state index in [9.17, 15) is 18.0 Å². The summed E-state index contributed by atoms with van der Waals surface area (Å²) in [6, 6.07) is 12.3. The second-order valence-corrected chi connectivity index (χ2v) is 7.14. The number of rotatable bonds is 4. The zero-order chi connectivity index (χ0) is 19.4. The fourth-order valence-electron chi connectivity index (χ4n) is 3.30. The molecule has 0 spiro atoms. The predicted octanol–water partition coefficient (Wildman–Crippen LogP) is 5.21. The zero-order valence-corrected chi connectivity index (χ0v) is 15.4. The van der Waals surface area contributed by atoms with Crippen molar-refractivity contribution in [2.45, 2.75) is 25.6 Å². The molecule has 1 amide bonds. The molecule has 1 aliphatic rings. The fraction of sp³-hybridized carbons (Fsp3) is 0.350. The maximum Gasteiger partial charge on any atom is 0.416 e. The van der Waals surface area contributed by atoms with Crippen molar-refractivity contribution in [1.29, 1.82) is 0 Å². The van der Waals surface area contributed by atoms with Gasteiger partial charge in [0, 0.05) is 23.8 Å². The van der Waals surface area contributed by atoms with Crippen LogP contribution in [-0.2, 0) is 17.5 Å². The van der Waals surface area contributed by atoms with Crippen LogP contribution < -0.4 is 5.32 Å². The van der Waals surface area contributed by atoms with Gasteiger partial charge in [0.2, 0.25) is 5.91 Å². The molecule has 3 nitrogen and oxygen atoms in total. The number of likely N-dealkylation sites (tertiary alicyclic amines) is 1. The highest BCUT2D eigenvalue weighted by atomic mass is 35.5. The molecular formula is C20H20ClF3N2O. The third-order valence-corrected chi connectivity index (χ3v) is 5.05. The van der Waals surface area contributed by atoms with Gasteiger partial charge in [-0.15, -0.1) is 0 Å². The van der Waals surface area contributed by atoms with Gasteiger partial charge in [0.15, 0.2) is 0 Å². The molecule has 0 aliphatic carbocycles. The van der Waals surface area contributed by atoms with Crippen LogP contribution in [0.4, 0.5) is 18.9 Å². The standard InChI is InChI=1S/C20H20ClF3N2O/c21-18-9-2-1-5-14(18)12-26-10-4-6-15(13-26)19(27)25-17-8-3-7-16(11-17)20(22,23)24/h1-3,5,7-9,11,15H,4,6,10,12-13H2,(H,25,27)/t15-/m0/s1. The maximum atomic E-state index is 12.8. The highest BCUT2D eigenvalue weighted by Gasteiger charge is 2.31. The van der Waals surface area contributed by atoms with Gasteiger partial charge in [0.1, 0.15) is 0 Å². The van der Waals surface area contributed by atoms with Gasteiger partial charge in [0.05, 0.1) is 11.5 Å². The number of carbonyl (C=O) groups is 1. The molecule has 1 aliphatic heterocycles. The molecule has 1 atom stereocenters. The fourth-order valence-corrected chi connectivity index (χ4v) is 3.49. The van der Waals surface area contributed by atoms with Crippen molar-refractivity contribution in [1.82, 2.24) is 4.90 Å². The van der Waals surface area contributed by atoms with Gasteiger partial charge in [0.25, 0.3) is 0 Å². The molecular weight excluding hydrogens is 377 g/mol. The van der Waals surface area contributed by atoms with Crippen molar-refractivity contribution in [2.24, 2.45) is 5.92 Å². The van der Waals surface area contributed by atoms with Gasteiger partial charge in [-0.2, -0.15) is 13.2 Å². The number of amides is 1. The average Bonchev–Trinajstić information content (AvgIpc) is 2.63. The van der Waals surface area contributed by atoms with Crippen LogP contribution in [0.2, 0.25) is 5.02 Å². The number of nitrogens with one attached hydrogen (secondary N) is 1. The van der Waals surface area contributed by atoms with E-state index in [0.29, 0.717) is 24.5 Å². The molecule has 27 heavy (non-hydrogen) atoms. The minimum atomic E-state index is -4.43. The molecule has 0 unspecified atom stereocenters. The summed E-state index contributed by atoms with van der Waals surface area (Å²) in [5.41, 5.74) is 0.389. The Morgan fingerprint density at radius 2 is 1.96 bits per heavy atom. The van der Waals surface area contributed by atoms with E-state index in [2.05, 4.69) is 10.2 Å². The summed E-state index contributed by atoms with van der Waals surface area (Å²) < 4.78 is 38.5. The van der Waals surface area contributed by atoms with Gasteiger partial charge >= 0.3 is 6.18 Å². The Balaban J connectivity index is 1.63. The van der Waals surface area contributed by atoms with Gasteiger partial charge in [-0.1, -0.05) is 35.9 Å². The van der Waals surface area contributed by atoms with Crippen molar-refractivity contribution in [3.8, 4) is 0 Å². The SMILES string of the molecule is O=C(Nc1cccc(C(F)(F)F)c1)[C@H]1CCCN(Cc2ccccc2Cl)C1. The van der Waals surface area contributed by atoms with Crippen molar-refractivity contribution < 1.29 is 18.0 Å². The third kappa shape index (κ3) is 5.23. The van der Waals surface area contributed by atoms with Crippen LogP contribution in [0.3, 0.4) is 0 Å². The molecule has 1 heterocycles. The Kier molecular flexibility index (Phi) is 6.07. The van der Waals surface area contributed by atoms with E-state index < -0.39 is 11.7 Å². The second kappa shape index (κ2) is 8.31. The first-order valence-corrected chi connectivity index (χ1v) is 9.14. The Labute approximate surface area is 161 Å². The number of anilines is 1. The zero-order valence-electron chi connectivity index (χ0n) is 14.6. The first-order chi connectivity index (χ1) is 12.8. The molecule has 0 aromatic heterocycles. The summed E-state index contributed by atoms with van der Waals surface area (Å²) in [6.45, 7) is 2.06. The summed E-state index contributed by atoms with van der Waals surface area (Å²) >= 11 is 6.20. The lowest BCUT2D eigenvalue weighted by atomic mass is 9.96. The van der Waals surface area contributed by atoms with Crippen LogP contribution in [0.15, 0.2) is 48.5 Å². The largest absolute Gasteiger partial charge is 0.416 e. The summed E-state index contributed by atoms with van der Waals surface area (Å²) in [5.74, 6) is -0.519. The number of hydrogen-bond donors (Lipinski definition) is 1. The van der Waals surface area contributed by atoms with Crippen molar-refractivity contribution >= 4 is 23.2 Å². The number of piperidine rings is 1. The second-order valence-electron chi connectivity index (χ2n) is 6.73. The Morgan fingerprint density at radius 1 is 1.19 bits per heavy atom. The van der Waals surface area contributed by atoms with Crippen LogP contribution in [-0.4, -0.2) is 23.9 Å². The normalized spacial score (nSPS) is 18.3. The van der Waals surface area contributed by atoms with Crippen molar-refractivity contribution in [3.63, 3.8) is 0 Å². The Morgan fingerprint density at radius 3 is 2.70 bits per heavy atom. The first-order valence-electron chi connectivity index (χ1n) is 8.77. The number of benzene rings is 2. The summed E-state index contributed by atoms with van der Waals surface area (Å²) in [4.78, 5) is 14.7. The molecule has 3 rings (SSSR count). The monoisotopic (exact) mass is 396 g/mol. The van der Waals surface area contributed by atoms with E-state index in [0.717, 1.165) is 30.7 Å². The summed E-state index contributed by atoms with van der Waals surface area (Å²) in [7, 11) is 0. The minimum absolute atomic E-state index is 0.165. The molecule has 144 valence electrons. The molecule has 2 aromatic carbocycles. The van der Waals surface area contributed by atoms with E-state index >= 15 is 0 Å². The summed E-state index contributed by atoms with van der Waals surface area (Å²) in [5, 5.41) is 3.32. The quantitative estimate of drug-likeness (QED) is 0.769. The molecule has 0 radical (unpaired) electrons. The van der Waals surface area contributed by atoms with E-state index in [4.69, 9.17) is 11.6 Å². The van der Waals surface area contributed by atoms with E-state index in [1.807, 2.05) is 24.3 Å². The Hall–Kier alpha value is -2.05. The Bertz CT molecular complexity index is 810. The third-order valence-electron chi connectivity index (χ3n) is 4.69. The number of carbonyl (C=O) groups excluding carboxylic acids is 1. The number of nitrogens with zero attached hydrogens (tertiary/aromatic N) is 1. The van der Waals surface area contributed by atoms with Crippen LogP contribution in [0.25, 0.3) is 0 Å². The predicted molar refractivity (Wildman–Crippen MR) is 99.5 cm³/mol. The topological polar surface area (TPSA) is 32.3 Å². The lowest BCUT2D eigenvalue weighted by Gasteiger charge is -2.32. The van der Waals surface area contributed by atoms with E-state index in [1.54, 1.807) is 0 Å².